The van der Waals surface area contributed by atoms with Crippen LogP contribution in [0, 0.1) is 19.8 Å². The molecule has 0 saturated carbocycles. The van der Waals surface area contributed by atoms with Crippen LogP contribution in [-0.4, -0.2) is 24.1 Å². The molecular weight excluding hydrogens is 386 g/mol. The van der Waals surface area contributed by atoms with Gasteiger partial charge in [0, 0.05) is 11.4 Å². The van der Waals surface area contributed by atoms with Gasteiger partial charge in [0.1, 0.15) is 5.92 Å². The highest BCUT2D eigenvalue weighted by molar-refractivity contribution is 7.80. The fourth-order valence-electron chi connectivity index (χ4n) is 3.38. The lowest BCUT2D eigenvalue weighted by atomic mass is 9.88. The molecule has 1 heterocycles. The molecule has 6 nitrogen and oxygen atoms in total. The summed E-state index contributed by atoms with van der Waals surface area (Å²) in [7, 11) is 1.33. The lowest BCUT2D eigenvalue weighted by Crippen LogP contribution is -2.51. The average Bonchev–Trinajstić information content (AvgIpc) is 2.69. The molecule has 7 heteroatoms. The number of anilines is 1. The van der Waals surface area contributed by atoms with Crippen LogP contribution < -0.4 is 16.0 Å². The molecule has 2 atom stereocenters. The number of rotatable bonds is 4. The van der Waals surface area contributed by atoms with Gasteiger partial charge in [-0.15, -0.1) is 0 Å². The molecule has 0 aromatic heterocycles. The molecule has 0 radical (unpaired) electrons. The second-order valence-electron chi connectivity index (χ2n) is 7.00. The van der Waals surface area contributed by atoms with Gasteiger partial charge in [0.05, 0.1) is 18.7 Å². The zero-order chi connectivity index (χ0) is 21.1. The molecule has 150 valence electrons. The predicted molar refractivity (Wildman–Crippen MR) is 117 cm³/mol. The maximum atomic E-state index is 13.2. The first-order chi connectivity index (χ1) is 13.8. The predicted octanol–water partition coefficient (Wildman–Crippen LogP) is 3.38. The van der Waals surface area contributed by atoms with Gasteiger partial charge in [0.2, 0.25) is 5.91 Å². The molecule has 1 aliphatic heterocycles. The van der Waals surface area contributed by atoms with E-state index in [1.54, 1.807) is 24.3 Å². The zero-order valence-corrected chi connectivity index (χ0v) is 17.4. The van der Waals surface area contributed by atoms with Gasteiger partial charge in [-0.2, -0.15) is 0 Å². The van der Waals surface area contributed by atoms with Crippen molar-refractivity contribution in [3.8, 4) is 0 Å². The molecule has 2 aromatic carbocycles. The van der Waals surface area contributed by atoms with Gasteiger partial charge in [0.15, 0.2) is 5.11 Å². The lowest BCUT2D eigenvalue weighted by Gasteiger charge is -2.35. The highest BCUT2D eigenvalue weighted by Crippen LogP contribution is 2.31. The van der Waals surface area contributed by atoms with Crippen LogP contribution in [0.3, 0.4) is 0 Å². The van der Waals surface area contributed by atoms with Gasteiger partial charge in [-0.3, -0.25) is 4.79 Å². The number of aryl methyl sites for hydroxylation is 2. The molecular formula is C22H23N3O3S. The third-order valence-corrected chi connectivity index (χ3v) is 5.10. The largest absolute Gasteiger partial charge is 0.465 e. The molecule has 1 fully saturated rings. The van der Waals surface area contributed by atoms with Crippen molar-refractivity contribution < 1.29 is 14.3 Å². The van der Waals surface area contributed by atoms with Crippen LogP contribution in [0.5, 0.6) is 0 Å². The van der Waals surface area contributed by atoms with Crippen molar-refractivity contribution in [2.75, 3.05) is 12.4 Å². The number of benzene rings is 2. The van der Waals surface area contributed by atoms with Crippen molar-refractivity contribution >= 4 is 34.9 Å². The SMILES string of the molecule is C=C1NC(=S)N[C@@H](c2ccc(C(=O)OC)cc2)[C@@H]1C(=O)Nc1ccc(C)cc1C. The van der Waals surface area contributed by atoms with Gasteiger partial charge in [-0.05, 0) is 55.4 Å². The second-order valence-corrected chi connectivity index (χ2v) is 7.41. The van der Waals surface area contributed by atoms with Crippen molar-refractivity contribution in [2.45, 2.75) is 19.9 Å². The maximum absolute atomic E-state index is 13.2. The summed E-state index contributed by atoms with van der Waals surface area (Å²) < 4.78 is 4.74. The fraction of sp³-hybridized carbons (Fsp3) is 0.227. The van der Waals surface area contributed by atoms with E-state index in [1.165, 1.54) is 7.11 Å². The van der Waals surface area contributed by atoms with E-state index in [4.69, 9.17) is 17.0 Å². The highest BCUT2D eigenvalue weighted by atomic mass is 32.1. The summed E-state index contributed by atoms with van der Waals surface area (Å²) in [5, 5.41) is 9.49. The van der Waals surface area contributed by atoms with Crippen molar-refractivity contribution in [3.63, 3.8) is 0 Å². The van der Waals surface area contributed by atoms with Crippen molar-refractivity contribution in [1.29, 1.82) is 0 Å². The number of amides is 1. The minimum Gasteiger partial charge on any atom is -0.465 e. The second kappa shape index (κ2) is 8.45. The number of carbonyl (C=O) groups excluding carboxylic acids is 2. The third-order valence-electron chi connectivity index (χ3n) is 4.88. The Morgan fingerprint density at radius 1 is 1.14 bits per heavy atom. The van der Waals surface area contributed by atoms with E-state index in [2.05, 4.69) is 22.5 Å². The van der Waals surface area contributed by atoms with Gasteiger partial charge in [-0.1, -0.05) is 36.4 Å². The van der Waals surface area contributed by atoms with E-state index in [9.17, 15) is 9.59 Å². The Balaban J connectivity index is 1.89. The van der Waals surface area contributed by atoms with E-state index in [0.29, 0.717) is 16.4 Å². The summed E-state index contributed by atoms with van der Waals surface area (Å²) >= 11 is 5.26. The molecule has 1 amide bonds. The van der Waals surface area contributed by atoms with E-state index in [0.717, 1.165) is 22.4 Å². The Morgan fingerprint density at radius 2 is 1.83 bits per heavy atom. The minimum atomic E-state index is -0.605. The number of carbonyl (C=O) groups is 2. The molecule has 2 aromatic rings. The summed E-state index contributed by atoms with van der Waals surface area (Å²) in [5.41, 5.74) is 4.61. The van der Waals surface area contributed by atoms with Crippen LogP contribution in [0.4, 0.5) is 5.69 Å². The minimum absolute atomic E-state index is 0.202. The molecule has 3 N–H and O–H groups in total. The van der Waals surface area contributed by atoms with Crippen LogP contribution in [0.25, 0.3) is 0 Å². The number of methoxy groups -OCH3 is 1. The Kier molecular flexibility index (Phi) is 5.98. The third kappa shape index (κ3) is 4.46. The molecule has 29 heavy (non-hydrogen) atoms. The van der Waals surface area contributed by atoms with Crippen molar-refractivity contribution in [2.24, 2.45) is 5.92 Å². The Bertz CT molecular complexity index is 985. The number of thiocarbonyl (C=S) groups is 1. The van der Waals surface area contributed by atoms with Crippen LogP contribution in [-0.2, 0) is 9.53 Å². The first kappa shape index (κ1) is 20.5. The molecule has 0 bridgehead atoms. The Labute approximate surface area is 175 Å². The number of ether oxygens (including phenoxy) is 1. The van der Waals surface area contributed by atoms with Crippen LogP contribution in [0.15, 0.2) is 54.7 Å². The molecule has 0 spiro atoms. The van der Waals surface area contributed by atoms with E-state index >= 15 is 0 Å². The monoisotopic (exact) mass is 409 g/mol. The average molecular weight is 410 g/mol. The highest BCUT2D eigenvalue weighted by Gasteiger charge is 2.36. The summed E-state index contributed by atoms with van der Waals surface area (Å²) in [6.45, 7) is 7.96. The standard InChI is InChI=1S/C22H23N3O3S/c1-12-5-10-17(13(2)11-12)24-20(26)18-14(3)23-22(29)25-19(18)15-6-8-16(9-7-15)21(27)28-4/h5-11,18-19H,3H2,1-2,4H3,(H,24,26)(H2,23,25,29)/t18-,19+/m1/s1. The molecule has 1 saturated heterocycles. The summed E-state index contributed by atoms with van der Waals surface area (Å²) in [6, 6.07) is 12.3. The maximum Gasteiger partial charge on any atom is 0.337 e. The van der Waals surface area contributed by atoms with Crippen LogP contribution >= 0.6 is 12.2 Å². The number of hydrogen-bond acceptors (Lipinski definition) is 4. The van der Waals surface area contributed by atoms with Gasteiger partial charge >= 0.3 is 5.97 Å². The van der Waals surface area contributed by atoms with Gasteiger partial charge in [0.25, 0.3) is 0 Å². The van der Waals surface area contributed by atoms with Gasteiger partial charge < -0.3 is 20.7 Å². The molecule has 1 aliphatic rings. The summed E-state index contributed by atoms with van der Waals surface area (Å²) in [6.07, 6.45) is 0. The first-order valence-electron chi connectivity index (χ1n) is 9.13. The quantitative estimate of drug-likeness (QED) is 0.531. The molecule has 3 rings (SSSR count). The summed E-state index contributed by atoms with van der Waals surface area (Å²) in [4.78, 5) is 24.8. The lowest BCUT2D eigenvalue weighted by molar-refractivity contribution is -0.119. The van der Waals surface area contributed by atoms with Crippen LogP contribution in [0.1, 0.15) is 33.1 Å². The fourth-order valence-corrected chi connectivity index (χ4v) is 3.64. The smallest absolute Gasteiger partial charge is 0.337 e. The topological polar surface area (TPSA) is 79.5 Å². The van der Waals surface area contributed by atoms with Crippen molar-refractivity contribution in [3.05, 3.63) is 77.0 Å². The Morgan fingerprint density at radius 3 is 2.45 bits per heavy atom. The molecule has 0 aliphatic carbocycles. The Hall–Kier alpha value is -3.19. The first-order valence-corrected chi connectivity index (χ1v) is 9.53. The van der Waals surface area contributed by atoms with E-state index in [-0.39, 0.29) is 5.91 Å². The van der Waals surface area contributed by atoms with Crippen LogP contribution in [0.2, 0.25) is 0 Å². The van der Waals surface area contributed by atoms with Gasteiger partial charge in [-0.25, -0.2) is 4.79 Å². The number of hydrogen-bond donors (Lipinski definition) is 3. The number of nitrogens with one attached hydrogen (secondary N) is 3. The molecule has 0 unspecified atom stereocenters. The summed E-state index contributed by atoms with van der Waals surface area (Å²) in [5.74, 6) is -1.23. The normalized spacial score (nSPS) is 18.4. The van der Waals surface area contributed by atoms with E-state index < -0.39 is 17.9 Å². The zero-order valence-electron chi connectivity index (χ0n) is 16.5. The van der Waals surface area contributed by atoms with Crippen molar-refractivity contribution in [1.82, 2.24) is 10.6 Å². The number of esters is 1. The van der Waals surface area contributed by atoms with E-state index in [1.807, 2.05) is 32.0 Å².